The van der Waals surface area contributed by atoms with Crippen LogP contribution in [0.1, 0.15) is 40.0 Å². The number of ether oxygens (including phenoxy) is 4. The summed E-state index contributed by atoms with van der Waals surface area (Å²) in [6, 6.07) is 20.6. The summed E-state index contributed by atoms with van der Waals surface area (Å²) >= 11 is 1.61. The molecule has 0 saturated heterocycles. The van der Waals surface area contributed by atoms with E-state index in [0.29, 0.717) is 41.7 Å². The SMILES string of the molecule is CCOC(=O)c1ccc(OCC2c3cc(OC)c(OC)cc3CCN2C(=O)CSCc2ccccc2)cc1. The minimum atomic E-state index is -0.369. The van der Waals surface area contributed by atoms with E-state index in [1.807, 2.05) is 35.2 Å². The van der Waals surface area contributed by atoms with Crippen molar-refractivity contribution in [2.75, 3.05) is 39.7 Å². The van der Waals surface area contributed by atoms with Crippen molar-refractivity contribution in [1.82, 2.24) is 4.90 Å². The largest absolute Gasteiger partial charge is 0.493 e. The lowest BCUT2D eigenvalue weighted by molar-refractivity contribution is -0.132. The number of methoxy groups -OCH3 is 2. The molecule has 3 aromatic rings. The number of rotatable bonds is 11. The summed E-state index contributed by atoms with van der Waals surface area (Å²) in [7, 11) is 3.22. The van der Waals surface area contributed by atoms with Crippen molar-refractivity contribution in [3.05, 3.63) is 89.0 Å². The number of thioether (sulfide) groups is 1. The van der Waals surface area contributed by atoms with Gasteiger partial charge in [-0.05, 0) is 66.4 Å². The fraction of sp³-hybridized carbons (Fsp3) is 0.333. The molecule has 0 spiro atoms. The van der Waals surface area contributed by atoms with Crippen LogP contribution < -0.4 is 14.2 Å². The molecule has 7 nitrogen and oxygen atoms in total. The van der Waals surface area contributed by atoms with E-state index in [0.717, 1.165) is 23.3 Å². The van der Waals surface area contributed by atoms with Gasteiger partial charge in [-0.1, -0.05) is 30.3 Å². The van der Waals surface area contributed by atoms with E-state index in [4.69, 9.17) is 18.9 Å². The van der Waals surface area contributed by atoms with Gasteiger partial charge in [-0.15, -0.1) is 11.8 Å². The minimum Gasteiger partial charge on any atom is -0.493 e. The number of carbonyl (C=O) groups is 2. The predicted octanol–water partition coefficient (Wildman–Crippen LogP) is 5.32. The molecule has 8 heteroatoms. The lowest BCUT2D eigenvalue weighted by Gasteiger charge is -2.37. The molecule has 0 radical (unpaired) electrons. The molecule has 0 aromatic heterocycles. The highest BCUT2D eigenvalue weighted by Gasteiger charge is 2.32. The standard InChI is InChI=1S/C30H33NO6S/c1-4-36-30(33)22-10-12-24(13-11-22)37-18-26-25-17-28(35-3)27(34-2)16-23(25)14-15-31(26)29(32)20-38-19-21-8-6-5-7-9-21/h5-13,16-17,26H,4,14-15,18-20H2,1-3H3. The van der Waals surface area contributed by atoms with Gasteiger partial charge in [0.2, 0.25) is 5.91 Å². The maximum absolute atomic E-state index is 13.4. The summed E-state index contributed by atoms with van der Waals surface area (Å²) in [5, 5.41) is 0. The molecule has 1 aliphatic rings. The van der Waals surface area contributed by atoms with Gasteiger partial charge in [0.25, 0.3) is 0 Å². The van der Waals surface area contributed by atoms with E-state index in [-0.39, 0.29) is 24.5 Å². The second-order valence-electron chi connectivity index (χ2n) is 8.79. The first-order chi connectivity index (χ1) is 18.5. The highest BCUT2D eigenvalue weighted by atomic mass is 32.2. The minimum absolute atomic E-state index is 0.0672. The van der Waals surface area contributed by atoms with Crippen molar-refractivity contribution >= 4 is 23.6 Å². The Balaban J connectivity index is 1.52. The number of carbonyl (C=O) groups excluding carboxylic acids is 2. The third kappa shape index (κ3) is 6.61. The van der Waals surface area contributed by atoms with Crippen LogP contribution in [-0.2, 0) is 21.7 Å². The van der Waals surface area contributed by atoms with Crippen molar-refractivity contribution in [2.24, 2.45) is 0 Å². The summed E-state index contributed by atoms with van der Waals surface area (Å²) < 4.78 is 22.3. The Bertz CT molecular complexity index is 1230. The van der Waals surface area contributed by atoms with Gasteiger partial charge < -0.3 is 23.8 Å². The van der Waals surface area contributed by atoms with Crippen LogP contribution in [0.15, 0.2) is 66.7 Å². The van der Waals surface area contributed by atoms with Crippen molar-refractivity contribution in [2.45, 2.75) is 25.1 Å². The molecule has 3 aromatic carbocycles. The predicted molar refractivity (Wildman–Crippen MR) is 148 cm³/mol. The highest BCUT2D eigenvalue weighted by Crippen LogP contribution is 2.38. The van der Waals surface area contributed by atoms with Gasteiger partial charge in [0.15, 0.2) is 11.5 Å². The van der Waals surface area contributed by atoms with Gasteiger partial charge in [0, 0.05) is 12.3 Å². The number of hydrogen-bond donors (Lipinski definition) is 0. The van der Waals surface area contributed by atoms with Crippen LogP contribution in [-0.4, -0.2) is 56.5 Å². The van der Waals surface area contributed by atoms with Crippen molar-refractivity contribution in [3.8, 4) is 17.2 Å². The van der Waals surface area contributed by atoms with Crippen LogP contribution in [0.5, 0.6) is 17.2 Å². The second-order valence-corrected chi connectivity index (χ2v) is 9.78. The average Bonchev–Trinajstić information content (AvgIpc) is 2.95. The Kier molecular flexibility index (Phi) is 9.54. The van der Waals surface area contributed by atoms with Gasteiger partial charge >= 0.3 is 5.97 Å². The maximum Gasteiger partial charge on any atom is 0.338 e. The van der Waals surface area contributed by atoms with Gasteiger partial charge in [0.1, 0.15) is 12.4 Å². The molecule has 0 fully saturated rings. The summed E-state index contributed by atoms with van der Waals surface area (Å²) in [5.74, 6) is 2.74. The van der Waals surface area contributed by atoms with Crippen LogP contribution in [0.25, 0.3) is 0 Å². The molecular formula is C30H33NO6S. The lowest BCUT2D eigenvalue weighted by atomic mass is 9.92. The molecule has 1 aliphatic heterocycles. The van der Waals surface area contributed by atoms with E-state index in [9.17, 15) is 9.59 Å². The van der Waals surface area contributed by atoms with E-state index in [2.05, 4.69) is 12.1 Å². The number of benzene rings is 3. The van der Waals surface area contributed by atoms with Crippen molar-refractivity contribution < 1.29 is 28.5 Å². The van der Waals surface area contributed by atoms with E-state index in [1.165, 1.54) is 5.56 Å². The molecule has 0 saturated carbocycles. The monoisotopic (exact) mass is 535 g/mol. The number of hydrogen-bond acceptors (Lipinski definition) is 7. The molecule has 200 valence electrons. The molecule has 0 aliphatic carbocycles. The lowest BCUT2D eigenvalue weighted by Crippen LogP contribution is -2.43. The molecule has 1 unspecified atom stereocenters. The third-order valence-corrected chi connectivity index (χ3v) is 7.42. The average molecular weight is 536 g/mol. The molecule has 0 bridgehead atoms. The Hall–Kier alpha value is -3.65. The quantitative estimate of drug-likeness (QED) is 0.308. The Morgan fingerprint density at radius 3 is 2.37 bits per heavy atom. The van der Waals surface area contributed by atoms with Gasteiger partial charge in [-0.3, -0.25) is 4.79 Å². The fourth-order valence-corrected chi connectivity index (χ4v) is 5.37. The number of fused-ring (bicyclic) bond motifs is 1. The molecule has 4 rings (SSSR count). The smallest absolute Gasteiger partial charge is 0.338 e. The van der Waals surface area contributed by atoms with Crippen molar-refractivity contribution in [1.29, 1.82) is 0 Å². The second kappa shape index (κ2) is 13.2. The summed E-state index contributed by atoms with van der Waals surface area (Å²) in [4.78, 5) is 27.3. The first-order valence-electron chi connectivity index (χ1n) is 12.6. The zero-order chi connectivity index (χ0) is 26.9. The number of nitrogens with zero attached hydrogens (tertiary/aromatic N) is 1. The molecule has 1 heterocycles. The first-order valence-corrected chi connectivity index (χ1v) is 13.8. The zero-order valence-electron chi connectivity index (χ0n) is 22.0. The normalized spacial score (nSPS) is 14.4. The Labute approximate surface area is 228 Å². The van der Waals surface area contributed by atoms with Crippen LogP contribution in [0.2, 0.25) is 0 Å². The molecule has 1 atom stereocenters. The van der Waals surface area contributed by atoms with Crippen LogP contribution in [0.3, 0.4) is 0 Å². The number of esters is 1. The molecular weight excluding hydrogens is 502 g/mol. The van der Waals surface area contributed by atoms with Crippen LogP contribution in [0.4, 0.5) is 0 Å². The van der Waals surface area contributed by atoms with E-state index < -0.39 is 0 Å². The molecule has 0 N–H and O–H groups in total. The first kappa shape index (κ1) is 27.4. The summed E-state index contributed by atoms with van der Waals surface area (Å²) in [6.45, 7) is 2.94. The fourth-order valence-electron chi connectivity index (χ4n) is 4.50. The number of amides is 1. The van der Waals surface area contributed by atoms with Gasteiger partial charge in [0.05, 0.1) is 38.2 Å². The van der Waals surface area contributed by atoms with E-state index in [1.54, 1.807) is 57.2 Å². The van der Waals surface area contributed by atoms with Gasteiger partial charge in [-0.25, -0.2) is 4.79 Å². The summed E-state index contributed by atoms with van der Waals surface area (Å²) in [6.07, 6.45) is 0.718. The Morgan fingerprint density at radius 2 is 1.68 bits per heavy atom. The highest BCUT2D eigenvalue weighted by molar-refractivity contribution is 7.99. The van der Waals surface area contributed by atoms with Gasteiger partial charge in [-0.2, -0.15) is 0 Å². The topological polar surface area (TPSA) is 74.3 Å². The molecule has 38 heavy (non-hydrogen) atoms. The van der Waals surface area contributed by atoms with Crippen molar-refractivity contribution in [3.63, 3.8) is 0 Å². The maximum atomic E-state index is 13.4. The zero-order valence-corrected chi connectivity index (χ0v) is 22.8. The van der Waals surface area contributed by atoms with Crippen LogP contribution >= 0.6 is 11.8 Å². The van der Waals surface area contributed by atoms with Crippen LogP contribution in [0, 0.1) is 0 Å². The Morgan fingerprint density at radius 1 is 0.974 bits per heavy atom. The summed E-state index contributed by atoms with van der Waals surface area (Å²) in [5.41, 5.74) is 3.75. The molecule has 1 amide bonds. The third-order valence-electron chi connectivity index (χ3n) is 6.43. The van der Waals surface area contributed by atoms with E-state index >= 15 is 0 Å².